The van der Waals surface area contributed by atoms with Crippen molar-refractivity contribution in [3.63, 3.8) is 0 Å². The third kappa shape index (κ3) is 2.42. The molecule has 1 aromatic carbocycles. The smallest absolute Gasteiger partial charge is 0.274 e. The maximum absolute atomic E-state index is 12.3. The maximum Gasteiger partial charge on any atom is 0.274 e. The Labute approximate surface area is 118 Å². The number of anilines is 1. The lowest BCUT2D eigenvalue weighted by Crippen LogP contribution is -2.25. The summed E-state index contributed by atoms with van der Waals surface area (Å²) in [5, 5.41) is 6.32. The van der Waals surface area contributed by atoms with E-state index < -0.39 is 0 Å². The van der Waals surface area contributed by atoms with Crippen LogP contribution in [0.1, 0.15) is 27.2 Å². The standard InChI is InChI=1S/C16H17N3O/c1-11-4-3-8-18-15(11)16(20)19-14-6-2-5-12-7-9-17-10-13(12)14/h2-6,8,17H,7,9-10H2,1H3,(H,19,20). The van der Waals surface area contributed by atoms with Gasteiger partial charge in [0.05, 0.1) is 0 Å². The molecule has 0 atom stereocenters. The van der Waals surface area contributed by atoms with E-state index in [0.717, 1.165) is 30.8 Å². The van der Waals surface area contributed by atoms with Crippen molar-refractivity contribution in [3.8, 4) is 0 Å². The Bertz CT molecular complexity index is 652. The number of pyridine rings is 1. The van der Waals surface area contributed by atoms with Gasteiger partial charge in [0.15, 0.2) is 0 Å². The summed E-state index contributed by atoms with van der Waals surface area (Å²) >= 11 is 0. The molecule has 1 aliphatic rings. The third-order valence-corrected chi connectivity index (χ3v) is 3.62. The molecule has 20 heavy (non-hydrogen) atoms. The van der Waals surface area contributed by atoms with Crippen LogP contribution in [0.15, 0.2) is 36.5 Å². The Kier molecular flexibility index (Phi) is 3.48. The first-order valence-corrected chi connectivity index (χ1v) is 6.80. The molecule has 0 fully saturated rings. The summed E-state index contributed by atoms with van der Waals surface area (Å²) in [5.41, 5.74) is 4.73. The summed E-state index contributed by atoms with van der Waals surface area (Å²) in [4.78, 5) is 16.5. The number of aryl methyl sites for hydroxylation is 1. The highest BCUT2D eigenvalue weighted by atomic mass is 16.1. The largest absolute Gasteiger partial charge is 0.320 e. The first-order chi connectivity index (χ1) is 9.75. The van der Waals surface area contributed by atoms with E-state index in [4.69, 9.17) is 0 Å². The molecule has 4 nitrogen and oxygen atoms in total. The quantitative estimate of drug-likeness (QED) is 0.877. The lowest BCUT2D eigenvalue weighted by molar-refractivity contribution is 0.102. The molecule has 2 aromatic rings. The second-order valence-electron chi connectivity index (χ2n) is 4.99. The number of nitrogens with zero attached hydrogens (tertiary/aromatic N) is 1. The lowest BCUT2D eigenvalue weighted by Gasteiger charge is -2.20. The van der Waals surface area contributed by atoms with Crippen molar-refractivity contribution in [2.24, 2.45) is 0 Å². The Morgan fingerprint density at radius 3 is 3.05 bits per heavy atom. The highest BCUT2D eigenvalue weighted by molar-refractivity contribution is 6.04. The first kappa shape index (κ1) is 12.8. The summed E-state index contributed by atoms with van der Waals surface area (Å²) in [6.45, 7) is 3.68. The van der Waals surface area contributed by atoms with E-state index in [1.165, 1.54) is 11.1 Å². The first-order valence-electron chi connectivity index (χ1n) is 6.80. The van der Waals surface area contributed by atoms with Gasteiger partial charge in [-0.25, -0.2) is 0 Å². The molecule has 4 heteroatoms. The van der Waals surface area contributed by atoms with Gasteiger partial charge in [-0.1, -0.05) is 18.2 Å². The maximum atomic E-state index is 12.3. The van der Waals surface area contributed by atoms with Gasteiger partial charge < -0.3 is 10.6 Å². The van der Waals surface area contributed by atoms with Crippen molar-refractivity contribution < 1.29 is 4.79 Å². The van der Waals surface area contributed by atoms with Crippen molar-refractivity contribution in [2.75, 3.05) is 11.9 Å². The topological polar surface area (TPSA) is 54.0 Å². The Morgan fingerprint density at radius 1 is 1.30 bits per heavy atom. The van der Waals surface area contributed by atoms with Gasteiger partial charge >= 0.3 is 0 Å². The van der Waals surface area contributed by atoms with Crippen molar-refractivity contribution in [1.82, 2.24) is 10.3 Å². The Morgan fingerprint density at radius 2 is 2.20 bits per heavy atom. The minimum absolute atomic E-state index is 0.151. The molecule has 3 rings (SSSR count). The van der Waals surface area contributed by atoms with Gasteiger partial charge in [-0.05, 0) is 48.7 Å². The van der Waals surface area contributed by atoms with E-state index in [9.17, 15) is 4.79 Å². The van der Waals surface area contributed by atoms with Crippen LogP contribution in [0.5, 0.6) is 0 Å². The zero-order valence-electron chi connectivity index (χ0n) is 11.4. The number of carbonyl (C=O) groups excluding carboxylic acids is 1. The predicted octanol–water partition coefficient (Wildman–Crippen LogP) is 2.29. The predicted molar refractivity (Wildman–Crippen MR) is 78.8 cm³/mol. The van der Waals surface area contributed by atoms with E-state index in [1.807, 2.05) is 31.2 Å². The summed E-state index contributed by atoms with van der Waals surface area (Å²) in [7, 11) is 0. The number of nitrogens with one attached hydrogen (secondary N) is 2. The molecule has 0 saturated heterocycles. The fourth-order valence-corrected chi connectivity index (χ4v) is 2.54. The SMILES string of the molecule is Cc1cccnc1C(=O)Nc1cccc2c1CNCC2. The summed E-state index contributed by atoms with van der Waals surface area (Å²) in [6.07, 6.45) is 2.64. The molecular formula is C16H17N3O. The molecule has 0 aliphatic carbocycles. The summed E-state index contributed by atoms with van der Waals surface area (Å²) < 4.78 is 0. The van der Waals surface area contributed by atoms with Crippen LogP contribution in [0, 0.1) is 6.92 Å². The molecule has 0 saturated carbocycles. The van der Waals surface area contributed by atoms with Crippen LogP contribution in [0.4, 0.5) is 5.69 Å². The molecule has 102 valence electrons. The van der Waals surface area contributed by atoms with Crippen LogP contribution in [0.25, 0.3) is 0 Å². The molecule has 2 heterocycles. The van der Waals surface area contributed by atoms with Gasteiger partial charge in [0.2, 0.25) is 0 Å². The van der Waals surface area contributed by atoms with Crippen molar-refractivity contribution in [2.45, 2.75) is 19.9 Å². The number of rotatable bonds is 2. The van der Waals surface area contributed by atoms with E-state index in [1.54, 1.807) is 6.20 Å². The van der Waals surface area contributed by atoms with E-state index >= 15 is 0 Å². The minimum Gasteiger partial charge on any atom is -0.320 e. The summed E-state index contributed by atoms with van der Waals surface area (Å²) in [5.74, 6) is -0.151. The monoisotopic (exact) mass is 267 g/mol. The lowest BCUT2D eigenvalue weighted by atomic mass is 9.99. The molecule has 0 bridgehead atoms. The minimum atomic E-state index is -0.151. The molecule has 0 spiro atoms. The number of amides is 1. The zero-order valence-corrected chi connectivity index (χ0v) is 11.4. The van der Waals surface area contributed by atoms with Gasteiger partial charge in [-0.2, -0.15) is 0 Å². The van der Waals surface area contributed by atoms with Crippen LogP contribution in [-0.4, -0.2) is 17.4 Å². The van der Waals surface area contributed by atoms with E-state index in [0.29, 0.717) is 5.69 Å². The Hall–Kier alpha value is -2.20. The highest BCUT2D eigenvalue weighted by Gasteiger charge is 2.16. The van der Waals surface area contributed by atoms with Crippen molar-refractivity contribution in [1.29, 1.82) is 0 Å². The van der Waals surface area contributed by atoms with Gasteiger partial charge in [0, 0.05) is 18.4 Å². The van der Waals surface area contributed by atoms with Crippen LogP contribution >= 0.6 is 0 Å². The average Bonchev–Trinajstić information content (AvgIpc) is 2.48. The van der Waals surface area contributed by atoms with E-state index in [-0.39, 0.29) is 5.91 Å². The number of hydrogen-bond donors (Lipinski definition) is 2. The number of fused-ring (bicyclic) bond motifs is 1. The number of aromatic nitrogens is 1. The van der Waals surface area contributed by atoms with Gasteiger partial charge in [0.1, 0.15) is 5.69 Å². The second kappa shape index (κ2) is 5.43. The molecular weight excluding hydrogens is 250 g/mol. The normalized spacial score (nSPS) is 13.7. The zero-order chi connectivity index (χ0) is 13.9. The summed E-state index contributed by atoms with van der Waals surface area (Å²) in [6, 6.07) is 9.79. The van der Waals surface area contributed by atoms with E-state index in [2.05, 4.69) is 21.7 Å². The molecule has 1 aromatic heterocycles. The van der Waals surface area contributed by atoms with Crippen LogP contribution in [-0.2, 0) is 13.0 Å². The highest BCUT2D eigenvalue weighted by Crippen LogP contribution is 2.23. The number of benzene rings is 1. The fraction of sp³-hybridized carbons (Fsp3) is 0.250. The van der Waals surface area contributed by atoms with Crippen LogP contribution < -0.4 is 10.6 Å². The van der Waals surface area contributed by atoms with Crippen molar-refractivity contribution >= 4 is 11.6 Å². The average molecular weight is 267 g/mol. The van der Waals surface area contributed by atoms with Gasteiger partial charge in [-0.3, -0.25) is 9.78 Å². The van der Waals surface area contributed by atoms with Gasteiger partial charge in [0.25, 0.3) is 5.91 Å². The van der Waals surface area contributed by atoms with Gasteiger partial charge in [-0.15, -0.1) is 0 Å². The van der Waals surface area contributed by atoms with Crippen molar-refractivity contribution in [3.05, 3.63) is 58.9 Å². The number of carbonyl (C=O) groups is 1. The van der Waals surface area contributed by atoms with Crippen LogP contribution in [0.2, 0.25) is 0 Å². The third-order valence-electron chi connectivity index (χ3n) is 3.62. The Balaban J connectivity index is 1.89. The van der Waals surface area contributed by atoms with Crippen LogP contribution in [0.3, 0.4) is 0 Å². The molecule has 2 N–H and O–H groups in total. The molecule has 1 amide bonds. The molecule has 0 unspecified atom stereocenters. The molecule has 0 radical (unpaired) electrons. The second-order valence-corrected chi connectivity index (χ2v) is 4.99. The number of hydrogen-bond acceptors (Lipinski definition) is 3. The fourth-order valence-electron chi connectivity index (χ4n) is 2.54. The molecule has 1 aliphatic heterocycles.